The van der Waals surface area contributed by atoms with Gasteiger partial charge in [0.25, 0.3) is 5.56 Å². The summed E-state index contributed by atoms with van der Waals surface area (Å²) in [5.41, 5.74) is 1.17. The molecule has 1 aromatic heterocycles. The molecule has 21 heavy (non-hydrogen) atoms. The number of nitrogens with zero attached hydrogens (tertiary/aromatic N) is 2. The molecular formula is C15H25N3O3. The zero-order valence-electron chi connectivity index (χ0n) is 13.5. The van der Waals surface area contributed by atoms with E-state index in [1.54, 1.807) is 9.58 Å². The SMILES string of the molecule is CC(C)Cn1[nH]c2c(c1=O)CCN(C(=O)OC(C)(C)C)C2. The monoisotopic (exact) mass is 295 g/mol. The van der Waals surface area contributed by atoms with E-state index in [0.29, 0.717) is 32.0 Å². The zero-order valence-corrected chi connectivity index (χ0v) is 13.5. The second-order valence-electron chi connectivity index (χ2n) is 7.03. The largest absolute Gasteiger partial charge is 0.444 e. The average molecular weight is 295 g/mol. The van der Waals surface area contributed by atoms with Crippen LogP contribution in [-0.4, -0.2) is 32.9 Å². The van der Waals surface area contributed by atoms with Crippen LogP contribution < -0.4 is 5.56 Å². The molecule has 6 nitrogen and oxygen atoms in total. The van der Waals surface area contributed by atoms with Crippen LogP contribution in [-0.2, 0) is 24.2 Å². The molecule has 1 amide bonds. The highest BCUT2D eigenvalue weighted by atomic mass is 16.6. The van der Waals surface area contributed by atoms with Gasteiger partial charge in [-0.15, -0.1) is 0 Å². The van der Waals surface area contributed by atoms with Crippen molar-refractivity contribution in [3.63, 3.8) is 0 Å². The predicted molar refractivity (Wildman–Crippen MR) is 80.2 cm³/mol. The van der Waals surface area contributed by atoms with Crippen molar-refractivity contribution in [2.75, 3.05) is 6.54 Å². The maximum Gasteiger partial charge on any atom is 0.410 e. The van der Waals surface area contributed by atoms with Gasteiger partial charge in [0.15, 0.2) is 0 Å². The Hall–Kier alpha value is -1.72. The third kappa shape index (κ3) is 3.68. The van der Waals surface area contributed by atoms with Crippen LogP contribution in [0.3, 0.4) is 0 Å². The first kappa shape index (κ1) is 15.7. The van der Waals surface area contributed by atoms with Crippen molar-refractivity contribution in [1.82, 2.24) is 14.7 Å². The predicted octanol–water partition coefficient (Wildman–Crippen LogP) is 2.13. The Morgan fingerprint density at radius 2 is 2.05 bits per heavy atom. The van der Waals surface area contributed by atoms with Gasteiger partial charge in [0.2, 0.25) is 0 Å². The summed E-state index contributed by atoms with van der Waals surface area (Å²) in [5, 5.41) is 3.14. The third-order valence-corrected chi connectivity index (χ3v) is 3.32. The number of ether oxygens (including phenoxy) is 1. The van der Waals surface area contributed by atoms with Crippen LogP contribution in [0.15, 0.2) is 4.79 Å². The molecule has 0 fully saturated rings. The van der Waals surface area contributed by atoms with Gasteiger partial charge >= 0.3 is 6.09 Å². The zero-order chi connectivity index (χ0) is 15.8. The van der Waals surface area contributed by atoms with Gasteiger partial charge in [0.1, 0.15) is 5.60 Å². The summed E-state index contributed by atoms with van der Waals surface area (Å²) in [5.74, 6) is 0.393. The maximum atomic E-state index is 12.3. The van der Waals surface area contributed by atoms with E-state index in [1.807, 2.05) is 20.8 Å². The van der Waals surface area contributed by atoms with Crippen molar-refractivity contribution in [3.05, 3.63) is 21.6 Å². The minimum Gasteiger partial charge on any atom is -0.444 e. The quantitative estimate of drug-likeness (QED) is 0.909. The summed E-state index contributed by atoms with van der Waals surface area (Å²) in [6.07, 6.45) is 0.250. The first-order chi connectivity index (χ1) is 9.67. The molecule has 2 heterocycles. The normalized spacial score (nSPS) is 15.2. The highest BCUT2D eigenvalue weighted by molar-refractivity contribution is 5.68. The van der Waals surface area contributed by atoms with Gasteiger partial charge in [0, 0.05) is 18.7 Å². The number of carbonyl (C=O) groups is 1. The molecule has 0 radical (unpaired) electrons. The lowest BCUT2D eigenvalue weighted by molar-refractivity contribution is 0.0221. The van der Waals surface area contributed by atoms with Crippen molar-refractivity contribution in [2.45, 2.75) is 59.7 Å². The molecule has 1 N–H and O–H groups in total. The molecule has 6 heteroatoms. The summed E-state index contributed by atoms with van der Waals surface area (Å²) in [6, 6.07) is 0. The fraction of sp³-hybridized carbons (Fsp3) is 0.733. The van der Waals surface area contributed by atoms with Gasteiger partial charge < -0.3 is 9.64 Å². The lowest BCUT2D eigenvalue weighted by Gasteiger charge is -2.29. The standard InChI is InChI=1S/C15H25N3O3/c1-10(2)8-18-13(19)11-6-7-17(9-12(11)16-18)14(20)21-15(3,4)5/h10,16H,6-9H2,1-5H3. The molecule has 0 bridgehead atoms. The molecular weight excluding hydrogens is 270 g/mol. The minimum atomic E-state index is -0.506. The molecule has 0 spiro atoms. The van der Waals surface area contributed by atoms with E-state index in [-0.39, 0.29) is 11.7 Å². The first-order valence-electron chi connectivity index (χ1n) is 7.46. The Kier molecular flexibility index (Phi) is 4.16. The van der Waals surface area contributed by atoms with Gasteiger partial charge in [-0.3, -0.25) is 14.6 Å². The Morgan fingerprint density at radius 3 is 2.62 bits per heavy atom. The molecule has 1 aromatic rings. The van der Waals surface area contributed by atoms with Crippen molar-refractivity contribution in [1.29, 1.82) is 0 Å². The van der Waals surface area contributed by atoms with E-state index < -0.39 is 5.60 Å². The molecule has 0 aromatic carbocycles. The van der Waals surface area contributed by atoms with Crippen LogP contribution in [0.1, 0.15) is 45.9 Å². The third-order valence-electron chi connectivity index (χ3n) is 3.32. The summed E-state index contributed by atoms with van der Waals surface area (Å²) >= 11 is 0. The van der Waals surface area contributed by atoms with E-state index in [2.05, 4.69) is 18.9 Å². The van der Waals surface area contributed by atoms with E-state index >= 15 is 0 Å². The summed E-state index contributed by atoms with van der Waals surface area (Å²) in [7, 11) is 0. The van der Waals surface area contributed by atoms with Crippen LogP contribution in [0.2, 0.25) is 0 Å². The van der Waals surface area contributed by atoms with Crippen molar-refractivity contribution < 1.29 is 9.53 Å². The Bertz CT molecular complexity index is 578. The lowest BCUT2D eigenvalue weighted by Crippen LogP contribution is -2.40. The number of fused-ring (bicyclic) bond motifs is 1. The van der Waals surface area contributed by atoms with Crippen LogP contribution in [0, 0.1) is 5.92 Å². The van der Waals surface area contributed by atoms with Crippen LogP contribution in [0.5, 0.6) is 0 Å². The number of hydrogen-bond donors (Lipinski definition) is 1. The number of rotatable bonds is 2. The van der Waals surface area contributed by atoms with Crippen molar-refractivity contribution in [3.8, 4) is 0 Å². The molecule has 1 aliphatic rings. The molecule has 2 rings (SSSR count). The number of aromatic amines is 1. The van der Waals surface area contributed by atoms with E-state index in [9.17, 15) is 9.59 Å². The fourth-order valence-corrected chi connectivity index (χ4v) is 2.45. The molecule has 118 valence electrons. The maximum absolute atomic E-state index is 12.3. The van der Waals surface area contributed by atoms with E-state index in [4.69, 9.17) is 4.74 Å². The average Bonchev–Trinajstić information content (AvgIpc) is 2.63. The summed E-state index contributed by atoms with van der Waals surface area (Å²) in [6.45, 7) is 11.3. The second kappa shape index (κ2) is 5.58. The van der Waals surface area contributed by atoms with Crippen LogP contribution in [0.25, 0.3) is 0 Å². The summed E-state index contributed by atoms with van der Waals surface area (Å²) in [4.78, 5) is 26.0. The second-order valence-corrected chi connectivity index (χ2v) is 7.03. The lowest BCUT2D eigenvalue weighted by atomic mass is 10.1. The molecule has 0 atom stereocenters. The van der Waals surface area contributed by atoms with E-state index in [1.165, 1.54) is 0 Å². The Labute approximate surface area is 125 Å². The highest BCUT2D eigenvalue weighted by Crippen LogP contribution is 2.18. The van der Waals surface area contributed by atoms with Crippen molar-refractivity contribution in [2.24, 2.45) is 5.92 Å². The van der Waals surface area contributed by atoms with Gasteiger partial charge in [-0.05, 0) is 33.1 Å². The van der Waals surface area contributed by atoms with Crippen LogP contribution >= 0.6 is 0 Å². The molecule has 0 saturated carbocycles. The number of carbonyl (C=O) groups excluding carboxylic acids is 1. The number of amides is 1. The number of aromatic nitrogens is 2. The van der Waals surface area contributed by atoms with Gasteiger partial charge in [0.05, 0.1) is 12.2 Å². The Morgan fingerprint density at radius 1 is 1.38 bits per heavy atom. The van der Waals surface area contributed by atoms with Gasteiger partial charge in [-0.25, -0.2) is 4.79 Å². The Balaban J connectivity index is 2.14. The molecule has 0 aliphatic carbocycles. The number of nitrogens with one attached hydrogen (secondary N) is 1. The summed E-state index contributed by atoms with van der Waals surface area (Å²) < 4.78 is 7.03. The molecule has 1 aliphatic heterocycles. The van der Waals surface area contributed by atoms with Crippen LogP contribution in [0.4, 0.5) is 4.79 Å². The number of H-pyrrole nitrogens is 1. The van der Waals surface area contributed by atoms with E-state index in [0.717, 1.165) is 11.3 Å². The molecule has 0 unspecified atom stereocenters. The smallest absolute Gasteiger partial charge is 0.410 e. The highest BCUT2D eigenvalue weighted by Gasteiger charge is 2.28. The topological polar surface area (TPSA) is 67.3 Å². The fourth-order valence-electron chi connectivity index (χ4n) is 2.45. The first-order valence-corrected chi connectivity index (χ1v) is 7.46. The van der Waals surface area contributed by atoms with Gasteiger partial charge in [-0.2, -0.15) is 0 Å². The minimum absolute atomic E-state index is 0.0440. The van der Waals surface area contributed by atoms with Gasteiger partial charge in [-0.1, -0.05) is 13.8 Å². The number of hydrogen-bond acceptors (Lipinski definition) is 3. The van der Waals surface area contributed by atoms with Crippen molar-refractivity contribution >= 4 is 6.09 Å². The molecule has 0 saturated heterocycles.